The summed E-state index contributed by atoms with van der Waals surface area (Å²) < 4.78 is 26.3. The van der Waals surface area contributed by atoms with E-state index in [2.05, 4.69) is 10.0 Å². The van der Waals surface area contributed by atoms with Crippen LogP contribution >= 0.6 is 11.3 Å². The van der Waals surface area contributed by atoms with Crippen molar-refractivity contribution in [3.05, 3.63) is 16.3 Å². The summed E-state index contributed by atoms with van der Waals surface area (Å²) in [5, 5.41) is 12.7. The van der Waals surface area contributed by atoms with Gasteiger partial charge in [0, 0.05) is 12.4 Å². The molecular formula is C11H16N2O5S2. The van der Waals surface area contributed by atoms with E-state index in [-0.39, 0.29) is 9.77 Å². The molecule has 0 radical (unpaired) electrons. The Morgan fingerprint density at radius 3 is 2.40 bits per heavy atom. The van der Waals surface area contributed by atoms with Crippen LogP contribution in [0.3, 0.4) is 0 Å². The van der Waals surface area contributed by atoms with Crippen molar-refractivity contribution in [1.82, 2.24) is 10.0 Å². The van der Waals surface area contributed by atoms with E-state index in [1.807, 2.05) is 0 Å². The molecule has 3 N–H and O–H groups in total. The van der Waals surface area contributed by atoms with Gasteiger partial charge in [-0.15, -0.1) is 11.3 Å². The van der Waals surface area contributed by atoms with Gasteiger partial charge in [-0.3, -0.25) is 9.59 Å². The standard InChI is InChI=1S/C11H16N2O5S2/c1-6(2)9(11(15)16)13-20(17,18)7-4-8(19-5-7)10(14)12-3/h4-6,9,13H,1-3H3,(H,12,14)(H,15,16)/t9-/m0/s1. The van der Waals surface area contributed by atoms with Gasteiger partial charge in [0.1, 0.15) is 6.04 Å². The van der Waals surface area contributed by atoms with Crippen LogP contribution in [0.4, 0.5) is 0 Å². The van der Waals surface area contributed by atoms with Crippen molar-refractivity contribution in [3.63, 3.8) is 0 Å². The molecule has 1 heterocycles. The first-order valence-electron chi connectivity index (χ1n) is 5.74. The first-order chi connectivity index (χ1) is 9.19. The van der Waals surface area contributed by atoms with Crippen molar-refractivity contribution in [2.24, 2.45) is 5.92 Å². The zero-order valence-electron chi connectivity index (χ0n) is 11.2. The quantitative estimate of drug-likeness (QED) is 0.706. The molecule has 0 aliphatic heterocycles. The normalized spacial score (nSPS) is 13.2. The largest absolute Gasteiger partial charge is 0.480 e. The third-order valence-electron chi connectivity index (χ3n) is 2.55. The highest BCUT2D eigenvalue weighted by molar-refractivity contribution is 7.89. The Kier molecular flexibility index (Phi) is 5.26. The van der Waals surface area contributed by atoms with Crippen LogP contribution in [0.2, 0.25) is 0 Å². The van der Waals surface area contributed by atoms with E-state index in [4.69, 9.17) is 5.11 Å². The molecule has 0 aromatic carbocycles. The topological polar surface area (TPSA) is 113 Å². The van der Waals surface area contributed by atoms with Gasteiger partial charge in [0.05, 0.1) is 9.77 Å². The van der Waals surface area contributed by atoms with Crippen LogP contribution in [0.25, 0.3) is 0 Å². The second-order valence-corrected chi connectivity index (χ2v) is 7.03. The number of rotatable bonds is 6. The maximum atomic E-state index is 12.1. The van der Waals surface area contributed by atoms with Crippen molar-refractivity contribution in [3.8, 4) is 0 Å². The number of carbonyl (C=O) groups is 2. The lowest BCUT2D eigenvalue weighted by Crippen LogP contribution is -2.44. The second-order valence-electron chi connectivity index (χ2n) is 4.41. The Morgan fingerprint density at radius 1 is 1.35 bits per heavy atom. The Balaban J connectivity index is 3.02. The number of hydrogen-bond acceptors (Lipinski definition) is 5. The molecule has 0 bridgehead atoms. The summed E-state index contributed by atoms with van der Waals surface area (Å²) in [6, 6.07) is -0.00576. The molecule has 0 aliphatic rings. The van der Waals surface area contributed by atoms with E-state index in [0.29, 0.717) is 0 Å². The summed E-state index contributed by atoms with van der Waals surface area (Å²) in [5.74, 6) is -2.04. The first kappa shape index (κ1) is 16.6. The minimum Gasteiger partial charge on any atom is -0.480 e. The van der Waals surface area contributed by atoms with Crippen LogP contribution in [-0.2, 0) is 14.8 Å². The average Bonchev–Trinajstić information content (AvgIpc) is 2.84. The number of hydrogen-bond donors (Lipinski definition) is 3. The van der Waals surface area contributed by atoms with E-state index in [9.17, 15) is 18.0 Å². The molecule has 1 rings (SSSR count). The molecule has 0 fully saturated rings. The van der Waals surface area contributed by atoms with Crippen molar-refractivity contribution in [2.75, 3.05) is 7.05 Å². The Labute approximate surface area is 121 Å². The molecule has 0 aliphatic carbocycles. The van der Waals surface area contributed by atoms with Gasteiger partial charge in [0.2, 0.25) is 10.0 Å². The Hall–Kier alpha value is -1.45. The van der Waals surface area contributed by atoms with E-state index >= 15 is 0 Å². The third-order valence-corrected chi connectivity index (χ3v) is 5.05. The molecule has 0 saturated heterocycles. The van der Waals surface area contributed by atoms with Gasteiger partial charge in [0.25, 0.3) is 5.91 Å². The van der Waals surface area contributed by atoms with Crippen LogP contribution in [0.15, 0.2) is 16.3 Å². The number of nitrogens with one attached hydrogen (secondary N) is 2. The van der Waals surface area contributed by atoms with Gasteiger partial charge in [-0.05, 0) is 12.0 Å². The van der Waals surface area contributed by atoms with Crippen LogP contribution in [0, 0.1) is 5.92 Å². The minimum atomic E-state index is -3.97. The van der Waals surface area contributed by atoms with Crippen LogP contribution in [0.5, 0.6) is 0 Å². The molecule has 0 spiro atoms. The van der Waals surface area contributed by atoms with E-state index in [0.717, 1.165) is 11.3 Å². The summed E-state index contributed by atoms with van der Waals surface area (Å²) in [7, 11) is -2.53. The molecule has 1 atom stereocenters. The summed E-state index contributed by atoms with van der Waals surface area (Å²) in [6.07, 6.45) is 0. The molecule has 1 aromatic rings. The van der Waals surface area contributed by atoms with E-state index in [1.165, 1.54) is 18.5 Å². The van der Waals surface area contributed by atoms with Crippen molar-refractivity contribution in [2.45, 2.75) is 24.8 Å². The van der Waals surface area contributed by atoms with Gasteiger partial charge < -0.3 is 10.4 Å². The highest BCUT2D eigenvalue weighted by Gasteiger charge is 2.28. The number of thiophene rings is 1. The zero-order chi connectivity index (χ0) is 15.5. The maximum absolute atomic E-state index is 12.1. The van der Waals surface area contributed by atoms with Gasteiger partial charge in [-0.2, -0.15) is 4.72 Å². The third kappa shape index (κ3) is 3.78. The SMILES string of the molecule is CNC(=O)c1cc(S(=O)(=O)N[C@H](C(=O)O)C(C)C)cs1. The fourth-order valence-corrected chi connectivity index (χ4v) is 3.97. The minimum absolute atomic E-state index is 0.118. The number of carbonyl (C=O) groups excluding carboxylic acids is 1. The summed E-state index contributed by atoms with van der Waals surface area (Å²) >= 11 is 0.974. The van der Waals surface area contributed by atoms with Crippen molar-refractivity contribution in [1.29, 1.82) is 0 Å². The molecule has 112 valence electrons. The number of aliphatic carboxylic acids is 1. The second kappa shape index (κ2) is 6.33. The molecule has 20 heavy (non-hydrogen) atoms. The van der Waals surface area contributed by atoms with E-state index in [1.54, 1.807) is 13.8 Å². The highest BCUT2D eigenvalue weighted by atomic mass is 32.2. The average molecular weight is 320 g/mol. The van der Waals surface area contributed by atoms with Gasteiger partial charge in [-0.25, -0.2) is 8.42 Å². The molecule has 1 aromatic heterocycles. The number of sulfonamides is 1. The van der Waals surface area contributed by atoms with Gasteiger partial charge >= 0.3 is 5.97 Å². The monoisotopic (exact) mass is 320 g/mol. The lowest BCUT2D eigenvalue weighted by atomic mass is 10.1. The lowest BCUT2D eigenvalue weighted by molar-refractivity contribution is -0.140. The fourth-order valence-electron chi connectivity index (χ4n) is 1.41. The Morgan fingerprint density at radius 2 is 1.95 bits per heavy atom. The van der Waals surface area contributed by atoms with Gasteiger partial charge in [0.15, 0.2) is 0 Å². The Bertz CT molecular complexity index is 606. The molecule has 1 amide bonds. The lowest BCUT2D eigenvalue weighted by Gasteiger charge is -2.17. The number of amides is 1. The number of carboxylic acid groups (broad SMARTS) is 1. The molecule has 9 heteroatoms. The molecule has 0 unspecified atom stereocenters. The van der Waals surface area contributed by atoms with Crippen LogP contribution in [-0.4, -0.2) is 38.5 Å². The summed E-state index contributed by atoms with van der Waals surface area (Å²) in [5.41, 5.74) is 0. The van der Waals surface area contributed by atoms with Crippen LogP contribution in [0.1, 0.15) is 23.5 Å². The predicted molar refractivity (Wildman–Crippen MR) is 74.3 cm³/mol. The van der Waals surface area contributed by atoms with Crippen molar-refractivity contribution >= 4 is 33.2 Å². The highest BCUT2D eigenvalue weighted by Crippen LogP contribution is 2.20. The molecule has 7 nitrogen and oxygen atoms in total. The van der Waals surface area contributed by atoms with Gasteiger partial charge in [-0.1, -0.05) is 13.8 Å². The van der Waals surface area contributed by atoms with E-state index < -0.39 is 33.9 Å². The smallest absolute Gasteiger partial charge is 0.322 e. The number of carboxylic acids is 1. The predicted octanol–water partition coefficient (Wildman–Crippen LogP) is 0.495. The first-order valence-corrected chi connectivity index (χ1v) is 8.11. The fraction of sp³-hybridized carbons (Fsp3) is 0.455. The zero-order valence-corrected chi connectivity index (χ0v) is 12.8. The van der Waals surface area contributed by atoms with Crippen LogP contribution < -0.4 is 10.0 Å². The van der Waals surface area contributed by atoms with Crippen molar-refractivity contribution < 1.29 is 23.1 Å². The summed E-state index contributed by atoms with van der Waals surface area (Å²) in [4.78, 5) is 22.5. The maximum Gasteiger partial charge on any atom is 0.322 e. The summed E-state index contributed by atoms with van der Waals surface area (Å²) in [6.45, 7) is 3.20. The molecular weight excluding hydrogens is 304 g/mol. The molecule has 0 saturated carbocycles.